The van der Waals surface area contributed by atoms with Gasteiger partial charge in [-0.15, -0.1) is 0 Å². The molecule has 0 aliphatic carbocycles. The number of hydrogen-bond acceptors (Lipinski definition) is 4. The minimum absolute atomic E-state index is 0.00826. The lowest BCUT2D eigenvalue weighted by Gasteiger charge is -2.06. The number of rotatable bonds is 4. The van der Waals surface area contributed by atoms with E-state index in [9.17, 15) is 14.9 Å². The molecule has 0 aliphatic rings. The Kier molecular flexibility index (Phi) is 4.72. The number of nitro benzene ring substituents is 1. The number of ether oxygens (including phenoxy) is 1. The van der Waals surface area contributed by atoms with Crippen molar-refractivity contribution < 1.29 is 14.5 Å². The first-order valence-electron chi connectivity index (χ1n) is 4.74. The fraction of sp³-hybridized carbons (Fsp3) is 0.300. The van der Waals surface area contributed by atoms with Gasteiger partial charge in [-0.2, -0.15) is 0 Å². The molecule has 0 saturated carbocycles. The molecule has 0 aliphatic heterocycles. The number of nitrogens with zero attached hydrogens (tertiary/aromatic N) is 1. The molecule has 0 spiro atoms. The van der Waals surface area contributed by atoms with Gasteiger partial charge in [-0.05, 0) is 13.0 Å². The van der Waals surface area contributed by atoms with Gasteiger partial charge in [-0.1, -0.05) is 23.2 Å². The van der Waals surface area contributed by atoms with Crippen LogP contribution in [-0.2, 0) is 16.0 Å². The maximum absolute atomic E-state index is 11.3. The van der Waals surface area contributed by atoms with Crippen LogP contribution >= 0.6 is 23.2 Å². The maximum atomic E-state index is 11.3. The Labute approximate surface area is 107 Å². The van der Waals surface area contributed by atoms with E-state index in [-0.39, 0.29) is 34.3 Å². The van der Waals surface area contributed by atoms with Crippen molar-refractivity contribution in [3.05, 3.63) is 37.9 Å². The van der Waals surface area contributed by atoms with Crippen molar-refractivity contribution in [2.24, 2.45) is 0 Å². The van der Waals surface area contributed by atoms with E-state index in [4.69, 9.17) is 27.9 Å². The van der Waals surface area contributed by atoms with E-state index in [0.29, 0.717) is 0 Å². The van der Waals surface area contributed by atoms with Crippen LogP contribution in [0.1, 0.15) is 12.5 Å². The molecule has 17 heavy (non-hydrogen) atoms. The number of benzene rings is 1. The van der Waals surface area contributed by atoms with E-state index in [1.54, 1.807) is 6.92 Å². The number of carbonyl (C=O) groups is 1. The molecule has 0 saturated heterocycles. The number of carbonyl (C=O) groups excluding carboxylic acids is 1. The molecule has 1 rings (SSSR count). The summed E-state index contributed by atoms with van der Waals surface area (Å²) < 4.78 is 4.71. The first-order valence-corrected chi connectivity index (χ1v) is 5.49. The molecule has 1 aromatic rings. The van der Waals surface area contributed by atoms with E-state index in [0.717, 1.165) is 0 Å². The van der Waals surface area contributed by atoms with Gasteiger partial charge in [0.1, 0.15) is 0 Å². The topological polar surface area (TPSA) is 69.4 Å². The highest BCUT2D eigenvalue weighted by Crippen LogP contribution is 2.33. The van der Waals surface area contributed by atoms with Gasteiger partial charge in [0.05, 0.1) is 33.6 Å². The quantitative estimate of drug-likeness (QED) is 0.482. The van der Waals surface area contributed by atoms with Gasteiger partial charge < -0.3 is 4.74 Å². The second-order valence-electron chi connectivity index (χ2n) is 3.10. The van der Waals surface area contributed by atoms with E-state index in [2.05, 4.69) is 0 Å². The van der Waals surface area contributed by atoms with Gasteiger partial charge in [0, 0.05) is 6.07 Å². The molecule has 7 heteroatoms. The van der Waals surface area contributed by atoms with Crippen LogP contribution < -0.4 is 0 Å². The van der Waals surface area contributed by atoms with Crippen molar-refractivity contribution in [2.45, 2.75) is 13.3 Å². The molecule has 0 aromatic heterocycles. The van der Waals surface area contributed by atoms with Crippen LogP contribution in [-0.4, -0.2) is 17.5 Å². The lowest BCUT2D eigenvalue weighted by Crippen LogP contribution is -2.09. The largest absolute Gasteiger partial charge is 0.466 e. The summed E-state index contributed by atoms with van der Waals surface area (Å²) in [6, 6.07) is 2.53. The Hall–Kier alpha value is -1.33. The van der Waals surface area contributed by atoms with Crippen molar-refractivity contribution in [1.29, 1.82) is 0 Å². The molecule has 0 unspecified atom stereocenters. The number of hydrogen-bond donors (Lipinski definition) is 0. The number of halogens is 2. The molecule has 0 heterocycles. The molecule has 0 N–H and O–H groups in total. The van der Waals surface area contributed by atoms with Crippen molar-refractivity contribution in [2.75, 3.05) is 6.61 Å². The highest BCUT2D eigenvalue weighted by atomic mass is 35.5. The van der Waals surface area contributed by atoms with E-state index >= 15 is 0 Å². The first kappa shape index (κ1) is 13.7. The van der Waals surface area contributed by atoms with Gasteiger partial charge in [0.15, 0.2) is 0 Å². The third kappa shape index (κ3) is 3.31. The maximum Gasteiger partial charge on any atom is 0.310 e. The summed E-state index contributed by atoms with van der Waals surface area (Å²) in [4.78, 5) is 21.5. The summed E-state index contributed by atoms with van der Waals surface area (Å²) in [7, 11) is 0. The SMILES string of the molecule is CCOC(=O)Cc1c([N+](=O)[O-])ccc(Cl)c1Cl. The summed E-state index contributed by atoms with van der Waals surface area (Å²) >= 11 is 11.6. The van der Waals surface area contributed by atoms with Crippen molar-refractivity contribution in [3.8, 4) is 0 Å². The molecule has 0 fully saturated rings. The highest BCUT2D eigenvalue weighted by Gasteiger charge is 2.22. The molecule has 5 nitrogen and oxygen atoms in total. The van der Waals surface area contributed by atoms with Crippen LogP contribution in [0.3, 0.4) is 0 Å². The van der Waals surface area contributed by atoms with Crippen molar-refractivity contribution >= 4 is 34.9 Å². The van der Waals surface area contributed by atoms with E-state index < -0.39 is 10.9 Å². The van der Waals surface area contributed by atoms with E-state index in [1.807, 2.05) is 0 Å². The molecular weight excluding hydrogens is 269 g/mol. The minimum atomic E-state index is -0.614. The van der Waals surface area contributed by atoms with Gasteiger partial charge in [0.25, 0.3) is 5.69 Å². The predicted molar refractivity (Wildman–Crippen MR) is 63.5 cm³/mol. The van der Waals surface area contributed by atoms with Crippen LogP contribution in [0.15, 0.2) is 12.1 Å². The normalized spacial score (nSPS) is 10.1. The molecule has 0 amide bonds. The molecule has 92 valence electrons. The Balaban J connectivity index is 3.14. The molecule has 0 radical (unpaired) electrons. The van der Waals surface area contributed by atoms with Crippen molar-refractivity contribution in [1.82, 2.24) is 0 Å². The minimum Gasteiger partial charge on any atom is -0.466 e. The van der Waals surface area contributed by atoms with E-state index in [1.165, 1.54) is 12.1 Å². The number of nitro groups is 1. The Morgan fingerprint density at radius 1 is 1.47 bits per heavy atom. The predicted octanol–water partition coefficient (Wildman–Crippen LogP) is 3.01. The second-order valence-corrected chi connectivity index (χ2v) is 3.88. The average molecular weight is 278 g/mol. The molecule has 0 atom stereocenters. The molecule has 1 aromatic carbocycles. The standard InChI is InChI=1S/C10H9Cl2NO4/c1-2-17-9(14)5-6-8(13(15)16)4-3-7(11)10(6)12/h3-4H,2,5H2,1H3. The van der Waals surface area contributed by atoms with Crippen LogP contribution in [0.2, 0.25) is 10.0 Å². The second kappa shape index (κ2) is 5.84. The van der Waals surface area contributed by atoms with Crippen LogP contribution in [0.4, 0.5) is 5.69 Å². The third-order valence-corrected chi connectivity index (χ3v) is 2.84. The third-order valence-electron chi connectivity index (χ3n) is 1.99. The summed E-state index contributed by atoms with van der Waals surface area (Å²) in [5.74, 6) is -0.584. The zero-order valence-corrected chi connectivity index (χ0v) is 10.4. The molecule has 0 bridgehead atoms. The lowest BCUT2D eigenvalue weighted by molar-refractivity contribution is -0.385. The first-order chi connectivity index (χ1) is 7.97. The average Bonchev–Trinajstić information content (AvgIpc) is 2.25. The lowest BCUT2D eigenvalue weighted by atomic mass is 10.1. The zero-order chi connectivity index (χ0) is 13.0. The Bertz CT molecular complexity index is 462. The smallest absolute Gasteiger partial charge is 0.310 e. The van der Waals surface area contributed by atoms with Gasteiger partial charge in [-0.3, -0.25) is 14.9 Å². The molecular formula is C10H9Cl2NO4. The van der Waals surface area contributed by atoms with Crippen molar-refractivity contribution in [3.63, 3.8) is 0 Å². The Morgan fingerprint density at radius 3 is 2.65 bits per heavy atom. The van der Waals surface area contributed by atoms with Crippen LogP contribution in [0.25, 0.3) is 0 Å². The summed E-state index contributed by atoms with van der Waals surface area (Å²) in [5.41, 5.74) is -0.171. The summed E-state index contributed by atoms with van der Waals surface area (Å²) in [6.45, 7) is 1.84. The van der Waals surface area contributed by atoms with Gasteiger partial charge in [-0.25, -0.2) is 0 Å². The Morgan fingerprint density at radius 2 is 2.12 bits per heavy atom. The number of esters is 1. The summed E-state index contributed by atoms with van der Waals surface area (Å²) in [6.07, 6.45) is -0.274. The summed E-state index contributed by atoms with van der Waals surface area (Å²) in [5, 5.41) is 10.9. The van der Waals surface area contributed by atoms with Gasteiger partial charge in [0.2, 0.25) is 0 Å². The zero-order valence-electron chi connectivity index (χ0n) is 8.91. The van der Waals surface area contributed by atoms with Crippen LogP contribution in [0.5, 0.6) is 0 Å². The van der Waals surface area contributed by atoms with Crippen LogP contribution in [0, 0.1) is 10.1 Å². The fourth-order valence-electron chi connectivity index (χ4n) is 1.28. The fourth-order valence-corrected chi connectivity index (χ4v) is 1.68. The monoisotopic (exact) mass is 277 g/mol. The highest BCUT2D eigenvalue weighted by molar-refractivity contribution is 6.42. The van der Waals surface area contributed by atoms with Gasteiger partial charge >= 0.3 is 5.97 Å².